The van der Waals surface area contributed by atoms with E-state index in [1.807, 2.05) is 0 Å². The van der Waals surface area contributed by atoms with Crippen LogP contribution in [0.4, 0.5) is 17.6 Å². The summed E-state index contributed by atoms with van der Waals surface area (Å²) < 4.78 is 49.2. The fraction of sp³-hybridized carbons (Fsp3) is 0.250. The molecule has 6 heteroatoms. The molecule has 78 valence electrons. The highest BCUT2D eigenvalue weighted by Gasteiger charge is 2.37. The predicted octanol–water partition coefficient (Wildman–Crippen LogP) is 3.10. The molecule has 1 N–H and O–H groups in total. The van der Waals surface area contributed by atoms with Crippen LogP contribution in [0.5, 0.6) is 0 Å². The zero-order chi connectivity index (χ0) is 10.9. The van der Waals surface area contributed by atoms with E-state index in [-0.39, 0.29) is 5.56 Å². The summed E-state index contributed by atoms with van der Waals surface area (Å²) in [4.78, 5) is 0. The lowest BCUT2D eigenvalue weighted by Gasteiger charge is -2.12. The number of halogens is 5. The van der Waals surface area contributed by atoms with Gasteiger partial charge in [-0.2, -0.15) is 13.2 Å². The highest BCUT2D eigenvalue weighted by atomic mass is 79.9. The van der Waals surface area contributed by atoms with Crippen molar-refractivity contribution in [3.05, 3.63) is 33.5 Å². The van der Waals surface area contributed by atoms with Gasteiger partial charge in [-0.3, -0.25) is 0 Å². The summed E-state index contributed by atoms with van der Waals surface area (Å²) in [5, 5.41) is 8.68. The molecule has 0 saturated carbocycles. The summed E-state index contributed by atoms with van der Waals surface area (Å²) in [5.74, 6) is -1.36. The molecule has 0 atom stereocenters. The fourth-order valence-corrected chi connectivity index (χ4v) is 1.65. The Bertz CT molecular complexity index is 348. The van der Waals surface area contributed by atoms with Gasteiger partial charge >= 0.3 is 6.18 Å². The second-order valence-corrected chi connectivity index (χ2v) is 3.34. The molecule has 0 amide bonds. The van der Waals surface area contributed by atoms with Gasteiger partial charge in [0.05, 0.1) is 6.61 Å². The molecule has 0 fully saturated rings. The van der Waals surface area contributed by atoms with E-state index in [2.05, 4.69) is 15.9 Å². The van der Waals surface area contributed by atoms with Crippen molar-refractivity contribution in [2.45, 2.75) is 12.8 Å². The number of alkyl halides is 3. The summed E-state index contributed by atoms with van der Waals surface area (Å²) in [6.45, 7) is -0.579. The van der Waals surface area contributed by atoms with Crippen molar-refractivity contribution in [1.29, 1.82) is 0 Å². The molecular formula is C8H5BrF4O. The third-order valence-corrected chi connectivity index (χ3v) is 2.53. The first kappa shape index (κ1) is 11.5. The summed E-state index contributed by atoms with van der Waals surface area (Å²) in [6.07, 6.45) is -4.77. The van der Waals surface area contributed by atoms with Crippen LogP contribution in [-0.2, 0) is 12.8 Å². The zero-order valence-corrected chi connectivity index (χ0v) is 8.28. The largest absolute Gasteiger partial charge is 0.420 e. The minimum atomic E-state index is -4.77. The van der Waals surface area contributed by atoms with Crippen molar-refractivity contribution in [2.24, 2.45) is 0 Å². The highest BCUT2D eigenvalue weighted by molar-refractivity contribution is 9.10. The van der Waals surface area contributed by atoms with E-state index in [9.17, 15) is 17.6 Å². The van der Waals surface area contributed by atoms with Crippen molar-refractivity contribution in [3.8, 4) is 0 Å². The maximum absolute atomic E-state index is 12.8. The first-order valence-corrected chi connectivity index (χ1v) is 4.32. The molecule has 0 spiro atoms. The van der Waals surface area contributed by atoms with Crippen LogP contribution in [-0.4, -0.2) is 5.11 Å². The van der Waals surface area contributed by atoms with Crippen molar-refractivity contribution in [2.75, 3.05) is 0 Å². The normalized spacial score (nSPS) is 11.9. The summed E-state index contributed by atoms with van der Waals surface area (Å²) in [6, 6.07) is 1.77. The van der Waals surface area contributed by atoms with E-state index >= 15 is 0 Å². The summed E-state index contributed by atoms with van der Waals surface area (Å²) in [7, 11) is 0. The van der Waals surface area contributed by atoms with Gasteiger partial charge in [0.1, 0.15) is 11.4 Å². The Kier molecular flexibility index (Phi) is 3.16. The number of benzene rings is 1. The van der Waals surface area contributed by atoms with Gasteiger partial charge in [0, 0.05) is 4.47 Å². The Balaban J connectivity index is 3.40. The second kappa shape index (κ2) is 3.86. The SMILES string of the molecule is OCc1ccc(F)c(C(F)(F)F)c1Br. The van der Waals surface area contributed by atoms with E-state index in [0.29, 0.717) is 6.07 Å². The maximum atomic E-state index is 12.8. The van der Waals surface area contributed by atoms with E-state index < -0.39 is 28.6 Å². The highest BCUT2D eigenvalue weighted by Crippen LogP contribution is 2.38. The van der Waals surface area contributed by atoms with Gasteiger partial charge in [0.25, 0.3) is 0 Å². The quantitative estimate of drug-likeness (QED) is 0.779. The Morgan fingerprint density at radius 1 is 1.29 bits per heavy atom. The molecule has 1 nitrogen and oxygen atoms in total. The fourth-order valence-electron chi connectivity index (χ4n) is 0.978. The molecule has 0 aliphatic rings. The van der Waals surface area contributed by atoms with Gasteiger partial charge in [-0.05, 0) is 27.6 Å². The first-order valence-electron chi connectivity index (χ1n) is 3.53. The molecule has 1 aromatic rings. The average Bonchev–Trinajstić information content (AvgIpc) is 2.02. The van der Waals surface area contributed by atoms with E-state index in [4.69, 9.17) is 5.11 Å². The van der Waals surface area contributed by atoms with Crippen molar-refractivity contribution < 1.29 is 22.7 Å². The lowest BCUT2D eigenvalue weighted by molar-refractivity contribution is -0.140. The molecule has 1 aromatic carbocycles. The van der Waals surface area contributed by atoms with Crippen LogP contribution in [0.1, 0.15) is 11.1 Å². The lowest BCUT2D eigenvalue weighted by atomic mass is 10.1. The van der Waals surface area contributed by atoms with Crippen molar-refractivity contribution in [3.63, 3.8) is 0 Å². The first-order chi connectivity index (χ1) is 6.38. The van der Waals surface area contributed by atoms with Gasteiger partial charge in [-0.15, -0.1) is 0 Å². The Labute approximate surface area is 85.5 Å². The molecule has 14 heavy (non-hydrogen) atoms. The van der Waals surface area contributed by atoms with Crippen molar-refractivity contribution >= 4 is 15.9 Å². The lowest BCUT2D eigenvalue weighted by Crippen LogP contribution is -2.10. The Morgan fingerprint density at radius 3 is 2.29 bits per heavy atom. The van der Waals surface area contributed by atoms with Crippen LogP contribution in [0.25, 0.3) is 0 Å². The smallest absolute Gasteiger partial charge is 0.392 e. The van der Waals surface area contributed by atoms with Gasteiger partial charge in [-0.1, -0.05) is 6.07 Å². The third kappa shape index (κ3) is 2.06. The number of rotatable bonds is 1. The molecule has 0 heterocycles. The summed E-state index contributed by atoms with van der Waals surface area (Å²) in [5.41, 5.74) is -1.39. The van der Waals surface area contributed by atoms with Crippen LogP contribution in [0.2, 0.25) is 0 Å². The molecule has 0 radical (unpaired) electrons. The van der Waals surface area contributed by atoms with Crippen molar-refractivity contribution in [1.82, 2.24) is 0 Å². The van der Waals surface area contributed by atoms with Crippen LogP contribution in [0.15, 0.2) is 16.6 Å². The third-order valence-electron chi connectivity index (χ3n) is 1.62. The number of hydrogen-bond acceptors (Lipinski definition) is 1. The zero-order valence-electron chi connectivity index (χ0n) is 6.70. The van der Waals surface area contributed by atoms with Gasteiger partial charge < -0.3 is 5.11 Å². The van der Waals surface area contributed by atoms with Gasteiger partial charge in [-0.25, -0.2) is 4.39 Å². The van der Waals surface area contributed by atoms with E-state index in [1.165, 1.54) is 0 Å². The number of aliphatic hydroxyl groups is 1. The Morgan fingerprint density at radius 2 is 1.86 bits per heavy atom. The molecule has 0 unspecified atom stereocenters. The van der Waals surface area contributed by atoms with Crippen LogP contribution in [0, 0.1) is 5.82 Å². The topological polar surface area (TPSA) is 20.2 Å². The van der Waals surface area contributed by atoms with Crippen LogP contribution < -0.4 is 0 Å². The molecule has 0 aromatic heterocycles. The number of hydrogen-bond donors (Lipinski definition) is 1. The molecule has 0 bridgehead atoms. The number of aliphatic hydroxyl groups excluding tert-OH is 1. The maximum Gasteiger partial charge on any atom is 0.420 e. The van der Waals surface area contributed by atoms with Crippen LogP contribution in [0.3, 0.4) is 0 Å². The molecule has 1 rings (SSSR count). The monoisotopic (exact) mass is 272 g/mol. The minimum Gasteiger partial charge on any atom is -0.392 e. The molecule has 0 aliphatic heterocycles. The average molecular weight is 273 g/mol. The van der Waals surface area contributed by atoms with E-state index in [0.717, 1.165) is 6.07 Å². The van der Waals surface area contributed by atoms with E-state index in [1.54, 1.807) is 0 Å². The Hall–Kier alpha value is -0.620. The standard InChI is InChI=1S/C8H5BrF4O/c9-7-4(3-14)1-2-5(10)6(7)8(11,12)13/h1-2,14H,3H2. The predicted molar refractivity (Wildman–Crippen MR) is 45.0 cm³/mol. The van der Waals surface area contributed by atoms with Crippen LogP contribution >= 0.6 is 15.9 Å². The molecule has 0 saturated heterocycles. The molecular weight excluding hydrogens is 268 g/mol. The van der Waals surface area contributed by atoms with Gasteiger partial charge in [0.2, 0.25) is 0 Å². The molecule has 0 aliphatic carbocycles. The van der Waals surface area contributed by atoms with Gasteiger partial charge in [0.15, 0.2) is 0 Å². The minimum absolute atomic E-state index is 0.00118. The second-order valence-electron chi connectivity index (χ2n) is 2.55. The summed E-state index contributed by atoms with van der Waals surface area (Å²) >= 11 is 2.61.